The summed E-state index contributed by atoms with van der Waals surface area (Å²) < 4.78 is 14.7. The van der Waals surface area contributed by atoms with E-state index in [1.807, 2.05) is 11.9 Å². The highest BCUT2D eigenvalue weighted by molar-refractivity contribution is 9.10. The van der Waals surface area contributed by atoms with Crippen LogP contribution in [0, 0.1) is 5.82 Å². The highest BCUT2D eigenvalue weighted by Gasteiger charge is 2.23. The summed E-state index contributed by atoms with van der Waals surface area (Å²) in [6, 6.07) is 3.96. The van der Waals surface area contributed by atoms with Gasteiger partial charge in [0.05, 0.1) is 10.2 Å². The van der Waals surface area contributed by atoms with Gasteiger partial charge in [-0.15, -0.1) is 0 Å². The summed E-state index contributed by atoms with van der Waals surface area (Å²) in [5.74, 6) is -0.283. The fourth-order valence-corrected chi connectivity index (χ4v) is 3.34. The van der Waals surface area contributed by atoms with Crippen LogP contribution in [0.15, 0.2) is 16.6 Å². The summed E-state index contributed by atoms with van der Waals surface area (Å²) in [6.45, 7) is 0. The first-order valence-corrected chi connectivity index (χ1v) is 7.23. The number of benzene rings is 1. The van der Waals surface area contributed by atoms with Gasteiger partial charge in [-0.05, 0) is 40.9 Å². The Labute approximate surface area is 120 Å². The number of hydrogen-bond donors (Lipinski definition) is 1. The Balaban J connectivity index is 2.34. The zero-order chi connectivity index (χ0) is 13.3. The van der Waals surface area contributed by atoms with Gasteiger partial charge in [0.15, 0.2) is 5.82 Å². The fraction of sp³-hybridized carbons (Fsp3) is 0.462. The average molecular weight is 331 g/mol. The largest absolute Gasteiger partial charge is 0.389 e. The van der Waals surface area contributed by atoms with Gasteiger partial charge in [0, 0.05) is 18.7 Å². The monoisotopic (exact) mass is 330 g/mol. The van der Waals surface area contributed by atoms with Gasteiger partial charge in [0.2, 0.25) is 0 Å². The molecule has 1 aliphatic carbocycles. The molecule has 0 bridgehead atoms. The first-order valence-electron chi connectivity index (χ1n) is 6.03. The smallest absolute Gasteiger partial charge is 0.161 e. The van der Waals surface area contributed by atoms with Crippen molar-refractivity contribution in [3.63, 3.8) is 0 Å². The Kier molecular flexibility index (Phi) is 4.22. The first kappa shape index (κ1) is 13.7. The zero-order valence-electron chi connectivity index (χ0n) is 10.2. The number of nitrogens with two attached hydrogens (primary N) is 1. The van der Waals surface area contributed by atoms with E-state index in [0.29, 0.717) is 21.8 Å². The highest BCUT2D eigenvalue weighted by Crippen LogP contribution is 2.33. The van der Waals surface area contributed by atoms with Gasteiger partial charge < -0.3 is 10.6 Å². The van der Waals surface area contributed by atoms with E-state index in [0.717, 1.165) is 12.8 Å². The van der Waals surface area contributed by atoms with Gasteiger partial charge in [-0.25, -0.2) is 4.39 Å². The minimum Gasteiger partial charge on any atom is -0.389 e. The molecule has 0 atom stereocenters. The van der Waals surface area contributed by atoms with E-state index in [-0.39, 0.29) is 10.8 Å². The van der Waals surface area contributed by atoms with Crippen LogP contribution in [-0.4, -0.2) is 18.1 Å². The molecule has 0 spiro atoms. The van der Waals surface area contributed by atoms with Gasteiger partial charge >= 0.3 is 0 Å². The van der Waals surface area contributed by atoms with Crippen LogP contribution in [0.1, 0.15) is 31.2 Å². The van der Waals surface area contributed by atoms with Crippen LogP contribution in [0.5, 0.6) is 0 Å². The van der Waals surface area contributed by atoms with Crippen molar-refractivity contribution >= 4 is 38.8 Å². The molecule has 2 rings (SSSR count). The molecular formula is C13H16BrFN2S. The van der Waals surface area contributed by atoms with Crippen LogP contribution in [0.4, 0.5) is 10.1 Å². The van der Waals surface area contributed by atoms with E-state index < -0.39 is 0 Å². The molecule has 2 nitrogen and oxygen atoms in total. The Morgan fingerprint density at radius 3 is 2.61 bits per heavy atom. The van der Waals surface area contributed by atoms with E-state index in [9.17, 15) is 4.39 Å². The molecule has 0 saturated heterocycles. The molecule has 0 heterocycles. The molecule has 98 valence electrons. The Morgan fingerprint density at radius 1 is 1.44 bits per heavy atom. The number of anilines is 1. The lowest BCUT2D eigenvalue weighted by Gasteiger charge is -2.27. The topological polar surface area (TPSA) is 29.3 Å². The predicted octanol–water partition coefficient (Wildman–Crippen LogP) is 3.60. The van der Waals surface area contributed by atoms with E-state index in [4.69, 9.17) is 18.0 Å². The first-order chi connectivity index (χ1) is 8.52. The third kappa shape index (κ3) is 2.52. The van der Waals surface area contributed by atoms with Crippen LogP contribution < -0.4 is 10.6 Å². The molecule has 0 radical (unpaired) electrons. The third-order valence-electron chi connectivity index (χ3n) is 3.58. The second-order valence-electron chi connectivity index (χ2n) is 4.67. The average Bonchev–Trinajstić information content (AvgIpc) is 2.85. The highest BCUT2D eigenvalue weighted by atomic mass is 79.9. The van der Waals surface area contributed by atoms with E-state index in [1.54, 1.807) is 12.1 Å². The standard InChI is InChI=1S/C13H16BrFN2S/c1-17(8-4-2-3-5-8)10-7-6-9(13(16)18)11(14)12(10)15/h6-8H,2-5H2,1H3,(H2,16,18). The summed E-state index contributed by atoms with van der Waals surface area (Å²) in [5.41, 5.74) is 6.71. The molecule has 1 aromatic carbocycles. The Morgan fingerprint density at radius 2 is 2.06 bits per heavy atom. The van der Waals surface area contributed by atoms with Crippen molar-refractivity contribution in [2.24, 2.45) is 5.73 Å². The lowest BCUT2D eigenvalue weighted by Crippen LogP contribution is -2.29. The van der Waals surface area contributed by atoms with E-state index >= 15 is 0 Å². The maximum Gasteiger partial charge on any atom is 0.161 e. The minimum absolute atomic E-state index is 0.204. The van der Waals surface area contributed by atoms with Gasteiger partial charge in [0.1, 0.15) is 4.99 Å². The van der Waals surface area contributed by atoms with Crippen LogP contribution in [0.2, 0.25) is 0 Å². The third-order valence-corrected chi connectivity index (χ3v) is 4.57. The molecule has 1 saturated carbocycles. The molecule has 0 unspecified atom stereocenters. The predicted molar refractivity (Wildman–Crippen MR) is 80.6 cm³/mol. The maximum atomic E-state index is 14.3. The molecule has 1 aliphatic rings. The number of hydrogen-bond acceptors (Lipinski definition) is 2. The minimum atomic E-state index is -0.283. The number of nitrogens with zero attached hydrogens (tertiary/aromatic N) is 1. The summed E-state index contributed by atoms with van der Waals surface area (Å²) in [6.07, 6.45) is 4.71. The fourth-order valence-electron chi connectivity index (χ4n) is 2.49. The zero-order valence-corrected chi connectivity index (χ0v) is 12.7. The quantitative estimate of drug-likeness (QED) is 0.858. The van der Waals surface area contributed by atoms with Crippen molar-refractivity contribution in [2.75, 3.05) is 11.9 Å². The van der Waals surface area contributed by atoms with Crippen molar-refractivity contribution in [3.05, 3.63) is 28.0 Å². The Hall–Kier alpha value is -0.680. The summed E-state index contributed by atoms with van der Waals surface area (Å²) >= 11 is 8.13. The molecular weight excluding hydrogens is 315 g/mol. The summed E-state index contributed by atoms with van der Waals surface area (Å²) in [4.78, 5) is 2.23. The number of rotatable bonds is 3. The maximum absolute atomic E-state index is 14.3. The molecule has 0 aromatic heterocycles. The second kappa shape index (κ2) is 5.53. The Bertz CT molecular complexity index is 472. The van der Waals surface area contributed by atoms with Gasteiger partial charge in [-0.2, -0.15) is 0 Å². The molecule has 18 heavy (non-hydrogen) atoms. The number of thiocarbonyl (C=S) groups is 1. The molecule has 0 amide bonds. The van der Waals surface area contributed by atoms with Crippen molar-refractivity contribution in [1.29, 1.82) is 0 Å². The lowest BCUT2D eigenvalue weighted by molar-refractivity contribution is 0.591. The second-order valence-corrected chi connectivity index (χ2v) is 5.91. The molecule has 5 heteroatoms. The SMILES string of the molecule is CN(c1ccc(C(N)=S)c(Br)c1F)C1CCCC1. The van der Waals surface area contributed by atoms with E-state index in [1.165, 1.54) is 12.8 Å². The molecule has 1 aromatic rings. The molecule has 0 aliphatic heterocycles. The molecule has 2 N–H and O–H groups in total. The van der Waals surface area contributed by atoms with Gasteiger partial charge in [0.25, 0.3) is 0 Å². The van der Waals surface area contributed by atoms with Gasteiger partial charge in [-0.1, -0.05) is 25.1 Å². The van der Waals surface area contributed by atoms with Gasteiger partial charge in [-0.3, -0.25) is 0 Å². The van der Waals surface area contributed by atoms with Crippen molar-refractivity contribution in [3.8, 4) is 0 Å². The van der Waals surface area contributed by atoms with E-state index in [2.05, 4.69) is 15.9 Å². The van der Waals surface area contributed by atoms with Crippen LogP contribution in [0.25, 0.3) is 0 Å². The summed E-state index contributed by atoms with van der Waals surface area (Å²) in [7, 11) is 1.95. The van der Waals surface area contributed by atoms with Crippen LogP contribution >= 0.6 is 28.1 Å². The normalized spacial score (nSPS) is 15.9. The van der Waals surface area contributed by atoms with Crippen molar-refractivity contribution < 1.29 is 4.39 Å². The number of halogens is 2. The van der Waals surface area contributed by atoms with Crippen LogP contribution in [-0.2, 0) is 0 Å². The van der Waals surface area contributed by atoms with Crippen molar-refractivity contribution in [2.45, 2.75) is 31.7 Å². The lowest BCUT2D eigenvalue weighted by atomic mass is 10.1. The summed E-state index contributed by atoms with van der Waals surface area (Å²) in [5, 5.41) is 0. The van der Waals surface area contributed by atoms with Crippen LogP contribution in [0.3, 0.4) is 0 Å². The molecule has 1 fully saturated rings. The van der Waals surface area contributed by atoms with Crippen molar-refractivity contribution in [1.82, 2.24) is 0 Å².